The highest BCUT2D eigenvalue weighted by molar-refractivity contribution is 5.42. The van der Waals surface area contributed by atoms with Crippen LogP contribution in [0.1, 0.15) is 45.4 Å². The minimum atomic E-state index is -0.573. The lowest BCUT2D eigenvalue weighted by atomic mass is 9.83. The molecule has 3 N–H and O–H groups in total. The van der Waals surface area contributed by atoms with Crippen LogP contribution in [0.15, 0.2) is 36.4 Å². The fourth-order valence-corrected chi connectivity index (χ4v) is 3.29. The molecule has 0 bridgehead atoms. The summed E-state index contributed by atoms with van der Waals surface area (Å²) in [5.74, 6) is -0.0775. The zero-order valence-corrected chi connectivity index (χ0v) is 13.4. The van der Waals surface area contributed by atoms with Crippen molar-refractivity contribution in [1.29, 1.82) is 0 Å². The molecule has 0 saturated heterocycles. The second-order valence-corrected chi connectivity index (χ2v) is 5.96. The van der Waals surface area contributed by atoms with Gasteiger partial charge >= 0.3 is 0 Å². The van der Waals surface area contributed by atoms with Gasteiger partial charge < -0.3 is 10.8 Å². The van der Waals surface area contributed by atoms with Crippen molar-refractivity contribution >= 4 is 0 Å². The van der Waals surface area contributed by atoms with Crippen LogP contribution in [0.5, 0.6) is 0 Å². The van der Waals surface area contributed by atoms with Gasteiger partial charge in [-0.05, 0) is 55.5 Å². The molecule has 2 rings (SSSR count). The number of aliphatic hydroxyl groups excluding tert-OH is 1. The summed E-state index contributed by atoms with van der Waals surface area (Å²) in [7, 11) is 0. The van der Waals surface area contributed by atoms with Crippen molar-refractivity contribution < 1.29 is 5.11 Å². The predicted molar refractivity (Wildman–Crippen MR) is 88.6 cm³/mol. The first-order valence-corrected chi connectivity index (χ1v) is 7.47. The van der Waals surface area contributed by atoms with E-state index in [1.807, 2.05) is 12.1 Å². The minimum Gasteiger partial charge on any atom is -0.388 e. The molecule has 2 unspecified atom stereocenters. The Balaban J connectivity index is 2.47. The third-order valence-electron chi connectivity index (χ3n) is 4.26. The van der Waals surface area contributed by atoms with Gasteiger partial charge in [0.25, 0.3) is 0 Å². The molecule has 0 aromatic heterocycles. The van der Waals surface area contributed by atoms with Crippen LogP contribution >= 0.6 is 0 Å². The van der Waals surface area contributed by atoms with E-state index in [1.165, 1.54) is 11.1 Å². The van der Waals surface area contributed by atoms with E-state index < -0.39 is 6.10 Å². The van der Waals surface area contributed by atoms with Gasteiger partial charge in [0.2, 0.25) is 0 Å². The molecule has 2 aromatic carbocycles. The van der Waals surface area contributed by atoms with Crippen LogP contribution in [0.2, 0.25) is 0 Å². The zero-order chi connectivity index (χ0) is 15.6. The first-order chi connectivity index (χ1) is 9.95. The molecule has 0 saturated carbocycles. The Kier molecular flexibility index (Phi) is 4.81. The molecule has 0 amide bonds. The zero-order valence-electron chi connectivity index (χ0n) is 13.4. The number of benzene rings is 2. The molecule has 0 heterocycles. The van der Waals surface area contributed by atoms with Gasteiger partial charge in [-0.1, -0.05) is 42.0 Å². The van der Waals surface area contributed by atoms with E-state index in [4.69, 9.17) is 5.73 Å². The van der Waals surface area contributed by atoms with E-state index in [9.17, 15) is 5.11 Å². The Morgan fingerprint density at radius 3 is 2.05 bits per heavy atom. The van der Waals surface area contributed by atoms with E-state index in [-0.39, 0.29) is 5.92 Å². The van der Waals surface area contributed by atoms with Gasteiger partial charge in [0.05, 0.1) is 6.10 Å². The molecule has 2 nitrogen and oxygen atoms in total. The summed E-state index contributed by atoms with van der Waals surface area (Å²) in [6.07, 6.45) is -0.573. The fourth-order valence-electron chi connectivity index (χ4n) is 3.29. The van der Waals surface area contributed by atoms with E-state index in [1.54, 1.807) is 0 Å². The maximum absolute atomic E-state index is 10.9. The maximum atomic E-state index is 10.9. The number of hydrogen-bond donors (Lipinski definition) is 2. The largest absolute Gasteiger partial charge is 0.388 e. The Labute approximate surface area is 127 Å². The van der Waals surface area contributed by atoms with E-state index in [0.717, 1.165) is 22.3 Å². The smallest absolute Gasteiger partial charge is 0.0875 e. The molecule has 2 heteroatoms. The molecular weight excluding hydrogens is 258 g/mol. The Morgan fingerprint density at radius 2 is 1.52 bits per heavy atom. The van der Waals surface area contributed by atoms with Crippen LogP contribution in [-0.2, 0) is 0 Å². The summed E-state index contributed by atoms with van der Waals surface area (Å²) in [5, 5.41) is 10.9. The number of hydrogen-bond acceptors (Lipinski definition) is 2. The molecule has 112 valence electrons. The van der Waals surface area contributed by atoms with Crippen LogP contribution in [0, 0.1) is 27.7 Å². The average Bonchev–Trinajstić information content (AvgIpc) is 2.40. The number of nitrogens with two attached hydrogens (primary N) is 1. The van der Waals surface area contributed by atoms with E-state index in [0.29, 0.717) is 6.54 Å². The van der Waals surface area contributed by atoms with Crippen LogP contribution in [-0.4, -0.2) is 11.7 Å². The van der Waals surface area contributed by atoms with Crippen molar-refractivity contribution in [3.05, 3.63) is 69.8 Å². The summed E-state index contributed by atoms with van der Waals surface area (Å²) >= 11 is 0. The molecule has 21 heavy (non-hydrogen) atoms. The maximum Gasteiger partial charge on any atom is 0.0875 e. The molecule has 0 aliphatic carbocycles. The van der Waals surface area contributed by atoms with Gasteiger partial charge in [-0.2, -0.15) is 0 Å². The summed E-state index contributed by atoms with van der Waals surface area (Å²) < 4.78 is 0. The van der Waals surface area contributed by atoms with Crippen molar-refractivity contribution in [2.45, 2.75) is 39.7 Å². The van der Waals surface area contributed by atoms with Crippen LogP contribution in [0.25, 0.3) is 0 Å². The highest BCUT2D eigenvalue weighted by Gasteiger charge is 2.25. The normalized spacial score (nSPS) is 14.0. The second-order valence-electron chi connectivity index (χ2n) is 5.96. The summed E-state index contributed by atoms with van der Waals surface area (Å²) in [5.41, 5.74) is 12.8. The summed E-state index contributed by atoms with van der Waals surface area (Å²) in [6.45, 7) is 8.70. The summed E-state index contributed by atoms with van der Waals surface area (Å²) in [6, 6.07) is 12.4. The third-order valence-corrected chi connectivity index (χ3v) is 4.26. The summed E-state index contributed by atoms with van der Waals surface area (Å²) in [4.78, 5) is 0. The number of aryl methyl sites for hydroxylation is 4. The van der Waals surface area contributed by atoms with Crippen LogP contribution in [0.4, 0.5) is 0 Å². The fraction of sp³-hybridized carbons (Fsp3) is 0.368. The molecule has 0 fully saturated rings. The van der Waals surface area contributed by atoms with Gasteiger partial charge in [0.1, 0.15) is 0 Å². The molecule has 0 radical (unpaired) electrons. The SMILES string of the molecule is Cc1cc(C)c(C(O)C(CN)c2ccccc2C)c(C)c1. The van der Waals surface area contributed by atoms with Gasteiger partial charge in [0, 0.05) is 12.5 Å². The quantitative estimate of drug-likeness (QED) is 0.899. The molecule has 0 aliphatic heterocycles. The first-order valence-electron chi connectivity index (χ1n) is 7.47. The van der Waals surface area contributed by atoms with Crippen molar-refractivity contribution in [3.8, 4) is 0 Å². The molecule has 2 aromatic rings. The predicted octanol–water partition coefficient (Wildman–Crippen LogP) is 3.70. The van der Waals surface area contributed by atoms with Crippen molar-refractivity contribution in [1.82, 2.24) is 0 Å². The van der Waals surface area contributed by atoms with Crippen LogP contribution < -0.4 is 5.73 Å². The average molecular weight is 283 g/mol. The lowest BCUT2D eigenvalue weighted by Gasteiger charge is -2.26. The monoisotopic (exact) mass is 283 g/mol. The molecule has 2 atom stereocenters. The number of rotatable bonds is 4. The lowest BCUT2D eigenvalue weighted by Crippen LogP contribution is -2.22. The molecule has 0 aliphatic rings. The highest BCUT2D eigenvalue weighted by atomic mass is 16.3. The Bertz CT molecular complexity index is 610. The molecule has 0 spiro atoms. The van der Waals surface area contributed by atoms with Crippen LogP contribution in [0.3, 0.4) is 0 Å². The minimum absolute atomic E-state index is 0.0775. The lowest BCUT2D eigenvalue weighted by molar-refractivity contribution is 0.146. The third kappa shape index (κ3) is 3.17. The van der Waals surface area contributed by atoms with E-state index >= 15 is 0 Å². The van der Waals surface area contributed by atoms with Gasteiger partial charge in [-0.15, -0.1) is 0 Å². The van der Waals surface area contributed by atoms with Crippen molar-refractivity contribution in [2.24, 2.45) is 5.73 Å². The van der Waals surface area contributed by atoms with E-state index in [2.05, 4.69) is 52.0 Å². The van der Waals surface area contributed by atoms with Crippen molar-refractivity contribution in [3.63, 3.8) is 0 Å². The topological polar surface area (TPSA) is 46.2 Å². The van der Waals surface area contributed by atoms with Gasteiger partial charge in [-0.3, -0.25) is 0 Å². The number of aliphatic hydroxyl groups is 1. The van der Waals surface area contributed by atoms with Gasteiger partial charge in [0.15, 0.2) is 0 Å². The first kappa shape index (κ1) is 15.7. The highest BCUT2D eigenvalue weighted by Crippen LogP contribution is 2.35. The van der Waals surface area contributed by atoms with Crippen molar-refractivity contribution in [2.75, 3.05) is 6.54 Å². The van der Waals surface area contributed by atoms with Gasteiger partial charge in [-0.25, -0.2) is 0 Å². The standard InChI is InChI=1S/C19H25NO/c1-12-9-14(3)18(15(4)10-12)19(21)17(11-20)16-8-6-5-7-13(16)2/h5-10,17,19,21H,11,20H2,1-4H3. The second kappa shape index (κ2) is 6.42. The molecular formula is C19H25NO. The Hall–Kier alpha value is -1.64. The Morgan fingerprint density at radius 1 is 0.952 bits per heavy atom.